The zero-order chi connectivity index (χ0) is 15.8. The second-order valence-corrected chi connectivity index (χ2v) is 4.69. The van der Waals surface area contributed by atoms with Gasteiger partial charge in [-0.15, -0.1) is 0 Å². The molecule has 0 spiro atoms. The summed E-state index contributed by atoms with van der Waals surface area (Å²) in [4.78, 5) is 23.1. The van der Waals surface area contributed by atoms with Gasteiger partial charge in [0.15, 0.2) is 0 Å². The lowest BCUT2D eigenvalue weighted by Crippen LogP contribution is -2.29. The number of hydrogen-bond donors (Lipinski definition) is 3. The van der Waals surface area contributed by atoms with Gasteiger partial charge in [-0.3, -0.25) is 9.59 Å². The van der Waals surface area contributed by atoms with Crippen molar-refractivity contribution in [3.8, 4) is 0 Å². The van der Waals surface area contributed by atoms with Crippen molar-refractivity contribution in [2.75, 3.05) is 17.2 Å². The van der Waals surface area contributed by atoms with Crippen molar-refractivity contribution in [3.63, 3.8) is 0 Å². The molecular formula is C16H19N3O3. The lowest BCUT2D eigenvalue weighted by atomic mass is 10.2. The largest absolute Gasteiger partial charge is 0.467 e. The summed E-state index contributed by atoms with van der Waals surface area (Å²) in [7, 11) is 0. The maximum atomic E-state index is 11.7. The molecule has 0 aliphatic carbocycles. The number of rotatable bonds is 7. The Morgan fingerprint density at radius 2 is 1.91 bits per heavy atom. The molecule has 0 aliphatic heterocycles. The number of carbonyl (C=O) groups is 2. The maximum Gasteiger partial charge on any atom is 0.239 e. The van der Waals surface area contributed by atoms with E-state index in [2.05, 4.69) is 16.0 Å². The lowest BCUT2D eigenvalue weighted by molar-refractivity contribution is -0.119. The third kappa shape index (κ3) is 4.97. The molecule has 0 saturated carbocycles. The van der Waals surface area contributed by atoms with Gasteiger partial charge in [-0.25, -0.2) is 0 Å². The van der Waals surface area contributed by atoms with Gasteiger partial charge < -0.3 is 20.4 Å². The van der Waals surface area contributed by atoms with Gasteiger partial charge in [0.25, 0.3) is 0 Å². The standard InChI is InChI=1S/C16H19N3O3/c1-2-15(20)19-13-6-3-5-12(9-13)17-11-16(21)18-10-14-7-4-8-22-14/h3-9,17H,2,10-11H2,1H3,(H,18,21)(H,19,20). The molecule has 0 aliphatic rings. The van der Waals surface area contributed by atoms with Crippen LogP contribution >= 0.6 is 0 Å². The minimum Gasteiger partial charge on any atom is -0.467 e. The van der Waals surface area contributed by atoms with Crippen LogP contribution in [-0.2, 0) is 16.1 Å². The van der Waals surface area contributed by atoms with E-state index < -0.39 is 0 Å². The lowest BCUT2D eigenvalue weighted by Gasteiger charge is -2.09. The van der Waals surface area contributed by atoms with Crippen LogP contribution in [0.1, 0.15) is 19.1 Å². The van der Waals surface area contributed by atoms with Crippen LogP contribution in [0.2, 0.25) is 0 Å². The number of benzene rings is 1. The first kappa shape index (κ1) is 15.6. The van der Waals surface area contributed by atoms with Gasteiger partial charge in [0.05, 0.1) is 19.4 Å². The molecular weight excluding hydrogens is 282 g/mol. The highest BCUT2D eigenvalue weighted by Gasteiger charge is 2.04. The summed E-state index contributed by atoms with van der Waals surface area (Å²) in [5.74, 6) is 0.519. The Kier molecular flexibility index (Phi) is 5.59. The molecule has 0 fully saturated rings. The van der Waals surface area contributed by atoms with Crippen molar-refractivity contribution in [2.24, 2.45) is 0 Å². The van der Waals surface area contributed by atoms with E-state index in [1.807, 2.05) is 12.1 Å². The third-order valence-electron chi connectivity index (χ3n) is 2.96. The molecule has 1 aromatic carbocycles. The Bertz CT molecular complexity index is 623. The first-order chi connectivity index (χ1) is 10.7. The van der Waals surface area contributed by atoms with Crippen molar-refractivity contribution in [3.05, 3.63) is 48.4 Å². The molecule has 22 heavy (non-hydrogen) atoms. The molecule has 2 amide bonds. The molecule has 0 unspecified atom stereocenters. The van der Waals surface area contributed by atoms with Crippen LogP contribution in [0.4, 0.5) is 11.4 Å². The Balaban J connectivity index is 1.79. The molecule has 1 heterocycles. The first-order valence-corrected chi connectivity index (χ1v) is 7.10. The van der Waals surface area contributed by atoms with Crippen molar-refractivity contribution in [1.29, 1.82) is 0 Å². The van der Waals surface area contributed by atoms with E-state index in [9.17, 15) is 9.59 Å². The average Bonchev–Trinajstić information content (AvgIpc) is 3.04. The minimum absolute atomic E-state index is 0.0478. The number of anilines is 2. The van der Waals surface area contributed by atoms with E-state index in [-0.39, 0.29) is 18.4 Å². The number of furan rings is 1. The van der Waals surface area contributed by atoms with E-state index in [1.165, 1.54) is 0 Å². The van der Waals surface area contributed by atoms with Gasteiger partial charge >= 0.3 is 0 Å². The molecule has 6 heteroatoms. The van der Waals surface area contributed by atoms with E-state index in [1.54, 1.807) is 37.5 Å². The topological polar surface area (TPSA) is 83.4 Å². The second kappa shape index (κ2) is 7.87. The van der Waals surface area contributed by atoms with Gasteiger partial charge in [-0.2, -0.15) is 0 Å². The number of nitrogens with one attached hydrogen (secondary N) is 3. The number of hydrogen-bond acceptors (Lipinski definition) is 4. The fraction of sp³-hybridized carbons (Fsp3) is 0.250. The molecule has 0 saturated heterocycles. The fourth-order valence-electron chi connectivity index (χ4n) is 1.80. The summed E-state index contributed by atoms with van der Waals surface area (Å²) in [6.07, 6.45) is 1.99. The van der Waals surface area contributed by atoms with Crippen LogP contribution in [0.25, 0.3) is 0 Å². The van der Waals surface area contributed by atoms with Crippen LogP contribution < -0.4 is 16.0 Å². The summed E-state index contributed by atoms with van der Waals surface area (Å²) in [5, 5.41) is 8.53. The van der Waals surface area contributed by atoms with E-state index in [4.69, 9.17) is 4.42 Å². The third-order valence-corrected chi connectivity index (χ3v) is 2.96. The predicted octanol–water partition coefficient (Wildman–Crippen LogP) is 2.36. The smallest absolute Gasteiger partial charge is 0.239 e. The summed E-state index contributed by atoms with van der Waals surface area (Å²) >= 11 is 0. The van der Waals surface area contributed by atoms with E-state index >= 15 is 0 Å². The Labute approximate surface area is 128 Å². The average molecular weight is 301 g/mol. The normalized spacial score (nSPS) is 10.0. The van der Waals surface area contributed by atoms with Gasteiger partial charge in [0, 0.05) is 17.8 Å². The highest BCUT2D eigenvalue weighted by Crippen LogP contribution is 2.15. The van der Waals surface area contributed by atoms with Crippen molar-refractivity contribution in [1.82, 2.24) is 5.32 Å². The van der Waals surface area contributed by atoms with Crippen LogP contribution in [-0.4, -0.2) is 18.4 Å². The van der Waals surface area contributed by atoms with E-state index in [0.717, 1.165) is 5.69 Å². The minimum atomic E-state index is -0.139. The van der Waals surface area contributed by atoms with Crippen LogP contribution in [0.15, 0.2) is 47.1 Å². The summed E-state index contributed by atoms with van der Waals surface area (Å²) < 4.78 is 5.13. The molecule has 2 rings (SSSR count). The Hall–Kier alpha value is -2.76. The molecule has 0 radical (unpaired) electrons. The van der Waals surface area contributed by atoms with Crippen molar-refractivity contribution < 1.29 is 14.0 Å². The van der Waals surface area contributed by atoms with E-state index in [0.29, 0.717) is 24.4 Å². The first-order valence-electron chi connectivity index (χ1n) is 7.10. The molecule has 1 aromatic heterocycles. The Morgan fingerprint density at radius 3 is 2.64 bits per heavy atom. The molecule has 3 N–H and O–H groups in total. The Morgan fingerprint density at radius 1 is 1.09 bits per heavy atom. The van der Waals surface area contributed by atoms with Crippen LogP contribution in [0, 0.1) is 0 Å². The number of carbonyl (C=O) groups excluding carboxylic acids is 2. The van der Waals surface area contributed by atoms with Gasteiger partial charge in [-0.1, -0.05) is 13.0 Å². The van der Waals surface area contributed by atoms with Gasteiger partial charge in [0.2, 0.25) is 11.8 Å². The highest BCUT2D eigenvalue weighted by atomic mass is 16.3. The van der Waals surface area contributed by atoms with Crippen molar-refractivity contribution >= 4 is 23.2 Å². The molecule has 2 aromatic rings. The quantitative estimate of drug-likeness (QED) is 0.733. The maximum absolute atomic E-state index is 11.7. The monoisotopic (exact) mass is 301 g/mol. The van der Waals surface area contributed by atoms with Crippen molar-refractivity contribution in [2.45, 2.75) is 19.9 Å². The number of amides is 2. The summed E-state index contributed by atoms with van der Waals surface area (Å²) in [5.41, 5.74) is 1.47. The molecule has 0 bridgehead atoms. The fourth-order valence-corrected chi connectivity index (χ4v) is 1.80. The molecule has 6 nitrogen and oxygen atoms in total. The summed E-state index contributed by atoms with van der Waals surface area (Å²) in [6.45, 7) is 2.30. The second-order valence-electron chi connectivity index (χ2n) is 4.69. The van der Waals surface area contributed by atoms with Gasteiger partial charge in [-0.05, 0) is 30.3 Å². The SMILES string of the molecule is CCC(=O)Nc1cccc(NCC(=O)NCc2ccco2)c1. The van der Waals surface area contributed by atoms with Crippen LogP contribution in [0.5, 0.6) is 0 Å². The molecule has 116 valence electrons. The molecule has 0 atom stereocenters. The summed E-state index contributed by atoms with van der Waals surface area (Å²) in [6, 6.07) is 10.8. The predicted molar refractivity (Wildman–Crippen MR) is 84.4 cm³/mol. The zero-order valence-electron chi connectivity index (χ0n) is 12.4. The van der Waals surface area contributed by atoms with Gasteiger partial charge in [0.1, 0.15) is 5.76 Å². The van der Waals surface area contributed by atoms with Crippen LogP contribution in [0.3, 0.4) is 0 Å². The highest BCUT2D eigenvalue weighted by molar-refractivity contribution is 5.91. The zero-order valence-corrected chi connectivity index (χ0v) is 12.4.